The number of benzene rings is 2. The minimum Gasteiger partial charge on any atom is -0.127 e. The molecular formula is C20H20Si. The minimum atomic E-state index is -1.30. The van der Waals surface area contributed by atoms with E-state index in [2.05, 4.69) is 67.2 Å². The van der Waals surface area contributed by atoms with Gasteiger partial charge in [0.15, 0.2) is 0 Å². The molecule has 0 radical (unpaired) electrons. The fourth-order valence-corrected chi connectivity index (χ4v) is 2.25. The second kappa shape index (κ2) is 6.98. The van der Waals surface area contributed by atoms with Crippen LogP contribution in [-0.2, 0) is 6.42 Å². The summed E-state index contributed by atoms with van der Waals surface area (Å²) in [5, 5.41) is 0. The highest BCUT2D eigenvalue weighted by Gasteiger charge is 2.07. The zero-order valence-corrected chi connectivity index (χ0v) is 13.9. The molecule has 0 N–H and O–H groups in total. The SMILES string of the molecule is C[Si](C)(C)C#Cc1ccc(CC#Cc2ccccc2)cc1. The number of hydrogen-bond acceptors (Lipinski definition) is 0. The first kappa shape index (κ1) is 15.2. The van der Waals surface area contributed by atoms with Gasteiger partial charge in [0.1, 0.15) is 8.07 Å². The van der Waals surface area contributed by atoms with Gasteiger partial charge in [0, 0.05) is 17.5 Å². The molecule has 0 nitrogen and oxygen atoms in total. The van der Waals surface area contributed by atoms with Crippen LogP contribution in [0.15, 0.2) is 54.6 Å². The number of rotatable bonds is 1. The number of hydrogen-bond donors (Lipinski definition) is 0. The Bertz CT molecular complexity index is 696. The van der Waals surface area contributed by atoms with Crippen molar-refractivity contribution in [2.75, 3.05) is 0 Å². The predicted molar refractivity (Wildman–Crippen MR) is 93.7 cm³/mol. The Morgan fingerprint density at radius 3 is 2.00 bits per heavy atom. The summed E-state index contributed by atoms with van der Waals surface area (Å²) in [5.41, 5.74) is 6.78. The molecule has 0 unspecified atom stereocenters. The van der Waals surface area contributed by atoms with Crippen LogP contribution in [0.25, 0.3) is 0 Å². The van der Waals surface area contributed by atoms with Gasteiger partial charge in [-0.05, 0) is 29.8 Å². The van der Waals surface area contributed by atoms with Crippen LogP contribution in [-0.4, -0.2) is 8.07 Å². The van der Waals surface area contributed by atoms with E-state index >= 15 is 0 Å². The molecule has 0 spiro atoms. The standard InChI is InChI=1S/C20H20Si/c1-21(2,3)17-16-20-14-12-19(13-15-20)11-7-10-18-8-5-4-6-9-18/h4-6,8-9,12-15H,11H2,1-3H3. The predicted octanol–water partition coefficient (Wildman–Crippen LogP) is 4.51. The molecule has 0 aliphatic carbocycles. The van der Waals surface area contributed by atoms with Crippen LogP contribution < -0.4 is 0 Å². The summed E-state index contributed by atoms with van der Waals surface area (Å²) in [6, 6.07) is 18.5. The minimum absolute atomic E-state index is 0.774. The van der Waals surface area contributed by atoms with Crippen molar-refractivity contribution in [1.82, 2.24) is 0 Å². The van der Waals surface area contributed by atoms with Crippen molar-refractivity contribution in [3.05, 3.63) is 71.3 Å². The fourth-order valence-electron chi connectivity index (χ4n) is 1.74. The Hall–Kier alpha value is -2.22. The van der Waals surface area contributed by atoms with E-state index in [9.17, 15) is 0 Å². The van der Waals surface area contributed by atoms with Crippen molar-refractivity contribution in [2.45, 2.75) is 26.1 Å². The molecule has 0 aliphatic rings. The highest BCUT2D eigenvalue weighted by atomic mass is 28.3. The lowest BCUT2D eigenvalue weighted by Crippen LogP contribution is -2.16. The Kier molecular flexibility index (Phi) is 5.04. The van der Waals surface area contributed by atoms with E-state index < -0.39 is 8.07 Å². The van der Waals surface area contributed by atoms with E-state index in [4.69, 9.17) is 0 Å². The first-order valence-corrected chi connectivity index (χ1v) is 10.7. The summed E-state index contributed by atoms with van der Waals surface area (Å²) < 4.78 is 0. The highest BCUT2D eigenvalue weighted by molar-refractivity contribution is 6.83. The maximum Gasteiger partial charge on any atom is 0.129 e. The summed E-state index contributed by atoms with van der Waals surface area (Å²) in [6.45, 7) is 6.77. The topological polar surface area (TPSA) is 0 Å². The van der Waals surface area contributed by atoms with Crippen LogP contribution in [0.2, 0.25) is 19.6 Å². The van der Waals surface area contributed by atoms with Gasteiger partial charge < -0.3 is 0 Å². The summed E-state index contributed by atoms with van der Waals surface area (Å²) in [7, 11) is -1.30. The zero-order valence-electron chi connectivity index (χ0n) is 12.9. The van der Waals surface area contributed by atoms with Crippen molar-refractivity contribution in [1.29, 1.82) is 0 Å². The summed E-state index contributed by atoms with van der Waals surface area (Å²) in [6.07, 6.45) is 0.774. The molecule has 0 saturated carbocycles. The van der Waals surface area contributed by atoms with Gasteiger partial charge in [0.05, 0.1) is 0 Å². The largest absolute Gasteiger partial charge is 0.129 e. The lowest BCUT2D eigenvalue weighted by atomic mass is 10.1. The maximum absolute atomic E-state index is 3.38. The molecule has 0 amide bonds. The summed E-state index contributed by atoms with van der Waals surface area (Å²) >= 11 is 0. The van der Waals surface area contributed by atoms with Gasteiger partial charge in [-0.25, -0.2) is 0 Å². The summed E-state index contributed by atoms with van der Waals surface area (Å²) in [4.78, 5) is 0. The molecule has 104 valence electrons. The van der Waals surface area contributed by atoms with Crippen LogP contribution in [0.3, 0.4) is 0 Å². The van der Waals surface area contributed by atoms with E-state index in [0.717, 1.165) is 17.5 Å². The monoisotopic (exact) mass is 288 g/mol. The van der Waals surface area contributed by atoms with Crippen molar-refractivity contribution >= 4 is 8.07 Å². The molecule has 2 aromatic carbocycles. The first-order valence-electron chi connectivity index (χ1n) is 7.19. The van der Waals surface area contributed by atoms with Crippen molar-refractivity contribution in [3.8, 4) is 23.3 Å². The van der Waals surface area contributed by atoms with Crippen LogP contribution in [0, 0.1) is 23.3 Å². The molecule has 0 saturated heterocycles. The second-order valence-corrected chi connectivity index (χ2v) is 10.8. The third kappa shape index (κ3) is 5.73. The normalized spacial score (nSPS) is 10.0. The van der Waals surface area contributed by atoms with E-state index in [-0.39, 0.29) is 0 Å². The molecule has 2 aromatic rings. The third-order valence-corrected chi connectivity index (χ3v) is 3.71. The van der Waals surface area contributed by atoms with Gasteiger partial charge in [0.25, 0.3) is 0 Å². The molecule has 0 atom stereocenters. The van der Waals surface area contributed by atoms with Gasteiger partial charge in [-0.3, -0.25) is 0 Å². The van der Waals surface area contributed by atoms with Gasteiger partial charge in [-0.15, -0.1) is 5.54 Å². The van der Waals surface area contributed by atoms with Crippen LogP contribution in [0.1, 0.15) is 16.7 Å². The van der Waals surface area contributed by atoms with E-state index in [1.807, 2.05) is 30.3 Å². The average Bonchev–Trinajstić information content (AvgIpc) is 2.47. The quantitative estimate of drug-likeness (QED) is 0.535. The third-order valence-electron chi connectivity index (χ3n) is 2.83. The molecular weight excluding hydrogens is 268 g/mol. The van der Waals surface area contributed by atoms with Crippen LogP contribution in [0.5, 0.6) is 0 Å². The van der Waals surface area contributed by atoms with Crippen molar-refractivity contribution in [3.63, 3.8) is 0 Å². The first-order chi connectivity index (χ1) is 10.0. The Morgan fingerprint density at radius 2 is 1.38 bits per heavy atom. The van der Waals surface area contributed by atoms with Crippen LogP contribution in [0.4, 0.5) is 0 Å². The Balaban J connectivity index is 2.00. The van der Waals surface area contributed by atoms with Gasteiger partial charge in [-0.2, -0.15) is 0 Å². The van der Waals surface area contributed by atoms with Crippen LogP contribution >= 0.6 is 0 Å². The van der Waals surface area contributed by atoms with Crippen molar-refractivity contribution < 1.29 is 0 Å². The zero-order chi connectivity index (χ0) is 15.1. The maximum atomic E-state index is 3.38. The smallest absolute Gasteiger partial charge is 0.127 e. The van der Waals surface area contributed by atoms with E-state index in [1.54, 1.807) is 0 Å². The Labute approximate surface area is 129 Å². The molecule has 0 aliphatic heterocycles. The molecule has 0 fully saturated rings. The van der Waals surface area contributed by atoms with Gasteiger partial charge in [-0.1, -0.05) is 67.7 Å². The van der Waals surface area contributed by atoms with Gasteiger partial charge >= 0.3 is 0 Å². The Morgan fingerprint density at radius 1 is 0.762 bits per heavy atom. The molecule has 2 rings (SSSR count). The van der Waals surface area contributed by atoms with E-state index in [0.29, 0.717) is 0 Å². The molecule has 1 heteroatoms. The molecule has 0 aromatic heterocycles. The average molecular weight is 288 g/mol. The van der Waals surface area contributed by atoms with E-state index in [1.165, 1.54) is 5.56 Å². The molecule has 0 heterocycles. The lowest BCUT2D eigenvalue weighted by Gasteiger charge is -2.03. The van der Waals surface area contributed by atoms with Crippen molar-refractivity contribution in [2.24, 2.45) is 0 Å². The summed E-state index contributed by atoms with van der Waals surface area (Å²) in [5.74, 6) is 9.66. The van der Waals surface area contributed by atoms with Gasteiger partial charge in [0.2, 0.25) is 0 Å². The lowest BCUT2D eigenvalue weighted by molar-refractivity contribution is 1.31. The second-order valence-electron chi connectivity index (χ2n) is 6.04. The molecule has 0 bridgehead atoms. The molecule has 21 heavy (non-hydrogen) atoms. The highest BCUT2D eigenvalue weighted by Crippen LogP contribution is 2.05. The fraction of sp³-hybridized carbons (Fsp3) is 0.200.